The molecule has 1 aromatic rings. The summed E-state index contributed by atoms with van der Waals surface area (Å²) in [5.41, 5.74) is 7.75. The minimum absolute atomic E-state index is 0. The van der Waals surface area contributed by atoms with Crippen LogP contribution in [0.2, 0.25) is 0 Å². The van der Waals surface area contributed by atoms with Gasteiger partial charge in [0.2, 0.25) is 5.91 Å². The second-order valence-corrected chi connectivity index (χ2v) is 6.67. The Kier molecular flexibility index (Phi) is 6.90. The number of nitrogens with two attached hydrogens (primary N) is 1. The molecule has 1 saturated carbocycles. The van der Waals surface area contributed by atoms with Gasteiger partial charge in [-0.1, -0.05) is 0 Å². The monoisotopic (exact) mass is 354 g/mol. The van der Waals surface area contributed by atoms with Gasteiger partial charge in [-0.05, 0) is 49.9 Å². The number of amides is 1. The molecule has 2 unspecified atom stereocenters. The van der Waals surface area contributed by atoms with Gasteiger partial charge in [0.05, 0.1) is 13.2 Å². The Morgan fingerprint density at radius 1 is 1.25 bits per heavy atom. The van der Waals surface area contributed by atoms with E-state index in [1.54, 1.807) is 0 Å². The van der Waals surface area contributed by atoms with Crippen LogP contribution >= 0.6 is 12.4 Å². The standard InChI is InChI=1S/C18H26N2O3.ClH/c1-12-10-15(20-18(21)13-2-3-14(19)11-13)4-5-17(12)23-16-6-8-22-9-7-16;/h4-5,10,13-14,16H,2-3,6-9,11,19H2,1H3,(H,20,21);1H. The summed E-state index contributed by atoms with van der Waals surface area (Å²) in [6, 6.07) is 6.00. The van der Waals surface area contributed by atoms with Crippen molar-refractivity contribution in [1.29, 1.82) is 0 Å². The fourth-order valence-corrected chi connectivity index (χ4v) is 3.33. The van der Waals surface area contributed by atoms with Crippen LogP contribution in [-0.4, -0.2) is 31.3 Å². The number of anilines is 1. The van der Waals surface area contributed by atoms with E-state index in [1.165, 1.54) is 0 Å². The first kappa shape index (κ1) is 19.0. The summed E-state index contributed by atoms with van der Waals surface area (Å²) in [5, 5.41) is 3.01. The number of carbonyl (C=O) groups excluding carboxylic acids is 1. The maximum Gasteiger partial charge on any atom is 0.227 e. The van der Waals surface area contributed by atoms with Gasteiger partial charge in [0.25, 0.3) is 0 Å². The van der Waals surface area contributed by atoms with Gasteiger partial charge in [0.1, 0.15) is 11.9 Å². The van der Waals surface area contributed by atoms with Crippen molar-refractivity contribution >= 4 is 24.0 Å². The highest BCUT2D eigenvalue weighted by Crippen LogP contribution is 2.28. The third kappa shape index (κ3) is 4.85. The zero-order valence-corrected chi connectivity index (χ0v) is 14.9. The van der Waals surface area contributed by atoms with Gasteiger partial charge in [-0.2, -0.15) is 0 Å². The number of hydrogen-bond acceptors (Lipinski definition) is 4. The largest absolute Gasteiger partial charge is 0.490 e. The molecule has 3 rings (SSSR count). The summed E-state index contributed by atoms with van der Waals surface area (Å²) in [4.78, 5) is 12.3. The number of carbonyl (C=O) groups is 1. The van der Waals surface area contributed by atoms with Crippen LogP contribution in [0.3, 0.4) is 0 Å². The van der Waals surface area contributed by atoms with E-state index in [4.69, 9.17) is 15.2 Å². The first-order valence-corrected chi connectivity index (χ1v) is 8.53. The molecule has 1 aromatic carbocycles. The zero-order chi connectivity index (χ0) is 16.2. The lowest BCUT2D eigenvalue weighted by Crippen LogP contribution is -2.26. The molecule has 2 aliphatic rings. The molecular weight excluding hydrogens is 328 g/mol. The molecule has 0 aromatic heterocycles. The van der Waals surface area contributed by atoms with Gasteiger partial charge >= 0.3 is 0 Å². The average molecular weight is 355 g/mol. The van der Waals surface area contributed by atoms with E-state index in [0.29, 0.717) is 0 Å². The smallest absolute Gasteiger partial charge is 0.227 e. The number of ether oxygens (including phenoxy) is 2. The van der Waals surface area contributed by atoms with E-state index in [2.05, 4.69) is 5.32 Å². The average Bonchev–Trinajstić information content (AvgIpc) is 2.98. The second-order valence-electron chi connectivity index (χ2n) is 6.67. The molecule has 24 heavy (non-hydrogen) atoms. The quantitative estimate of drug-likeness (QED) is 0.871. The molecule has 2 atom stereocenters. The lowest BCUT2D eigenvalue weighted by Gasteiger charge is -2.24. The molecule has 1 aliphatic heterocycles. The van der Waals surface area contributed by atoms with Crippen molar-refractivity contribution in [2.75, 3.05) is 18.5 Å². The van der Waals surface area contributed by atoms with Gasteiger partial charge in [-0.25, -0.2) is 0 Å². The van der Waals surface area contributed by atoms with Crippen LogP contribution in [0.15, 0.2) is 18.2 Å². The summed E-state index contributed by atoms with van der Waals surface area (Å²) in [7, 11) is 0. The molecule has 0 spiro atoms. The van der Waals surface area contributed by atoms with Crippen molar-refractivity contribution in [1.82, 2.24) is 0 Å². The predicted molar refractivity (Wildman–Crippen MR) is 96.8 cm³/mol. The summed E-state index contributed by atoms with van der Waals surface area (Å²) < 4.78 is 11.4. The van der Waals surface area contributed by atoms with Crippen molar-refractivity contribution < 1.29 is 14.3 Å². The number of hydrogen-bond donors (Lipinski definition) is 2. The molecular formula is C18H27ClN2O3. The summed E-state index contributed by atoms with van der Waals surface area (Å²) in [6.45, 7) is 3.54. The molecule has 134 valence electrons. The Labute approximate surface area is 149 Å². The van der Waals surface area contributed by atoms with Gasteiger partial charge in [-0.15, -0.1) is 12.4 Å². The SMILES string of the molecule is Cc1cc(NC(=O)C2CCC(N)C2)ccc1OC1CCOCC1.Cl. The van der Waals surface area contributed by atoms with Crippen LogP contribution in [0.1, 0.15) is 37.7 Å². The summed E-state index contributed by atoms with van der Waals surface area (Å²) >= 11 is 0. The number of nitrogens with one attached hydrogen (secondary N) is 1. The second kappa shape index (κ2) is 8.70. The molecule has 1 amide bonds. The van der Waals surface area contributed by atoms with Gasteiger partial charge < -0.3 is 20.5 Å². The van der Waals surface area contributed by atoms with Crippen LogP contribution in [-0.2, 0) is 9.53 Å². The van der Waals surface area contributed by atoms with Crippen LogP contribution in [0.5, 0.6) is 5.75 Å². The Balaban J connectivity index is 0.00000208. The number of halogens is 1. The fourth-order valence-electron chi connectivity index (χ4n) is 3.33. The molecule has 1 saturated heterocycles. The van der Waals surface area contributed by atoms with Crippen LogP contribution in [0.4, 0.5) is 5.69 Å². The van der Waals surface area contributed by atoms with Crippen molar-refractivity contribution in [2.24, 2.45) is 11.7 Å². The van der Waals surface area contributed by atoms with Crippen molar-refractivity contribution in [2.45, 2.75) is 51.2 Å². The molecule has 1 aliphatic carbocycles. The van der Waals surface area contributed by atoms with Crippen LogP contribution in [0.25, 0.3) is 0 Å². The highest BCUT2D eigenvalue weighted by Gasteiger charge is 2.27. The maximum atomic E-state index is 12.3. The zero-order valence-electron chi connectivity index (χ0n) is 14.1. The minimum atomic E-state index is 0. The molecule has 5 nitrogen and oxygen atoms in total. The van der Waals surface area contributed by atoms with E-state index in [9.17, 15) is 4.79 Å². The van der Waals surface area contributed by atoms with Crippen molar-refractivity contribution in [3.8, 4) is 5.75 Å². The highest BCUT2D eigenvalue weighted by atomic mass is 35.5. The van der Waals surface area contributed by atoms with Gasteiger partial charge in [0.15, 0.2) is 0 Å². The highest BCUT2D eigenvalue weighted by molar-refractivity contribution is 5.93. The third-order valence-corrected chi connectivity index (χ3v) is 4.75. The number of benzene rings is 1. The first-order chi connectivity index (χ1) is 11.1. The number of rotatable bonds is 4. The topological polar surface area (TPSA) is 73.6 Å². The van der Waals surface area contributed by atoms with Crippen LogP contribution < -0.4 is 15.8 Å². The van der Waals surface area contributed by atoms with Crippen molar-refractivity contribution in [3.05, 3.63) is 23.8 Å². The van der Waals surface area contributed by atoms with Crippen LogP contribution in [0, 0.1) is 12.8 Å². The summed E-state index contributed by atoms with van der Waals surface area (Å²) in [6.07, 6.45) is 4.70. The van der Waals surface area contributed by atoms with E-state index >= 15 is 0 Å². The van der Waals surface area contributed by atoms with E-state index in [0.717, 1.165) is 62.3 Å². The predicted octanol–water partition coefficient (Wildman–Crippen LogP) is 3.04. The third-order valence-electron chi connectivity index (χ3n) is 4.75. The minimum Gasteiger partial charge on any atom is -0.490 e. The molecule has 3 N–H and O–H groups in total. The molecule has 6 heteroatoms. The van der Waals surface area contributed by atoms with E-state index in [-0.39, 0.29) is 36.4 Å². The Bertz CT molecular complexity index is 561. The molecule has 1 heterocycles. The lowest BCUT2D eigenvalue weighted by molar-refractivity contribution is -0.119. The Hall–Kier alpha value is -1.30. The van der Waals surface area contributed by atoms with Gasteiger partial charge in [0, 0.05) is 30.5 Å². The molecule has 2 fully saturated rings. The molecule has 0 bridgehead atoms. The van der Waals surface area contributed by atoms with Crippen molar-refractivity contribution in [3.63, 3.8) is 0 Å². The van der Waals surface area contributed by atoms with Gasteiger partial charge in [-0.3, -0.25) is 4.79 Å². The van der Waals surface area contributed by atoms with E-state index < -0.39 is 0 Å². The normalized spacial score (nSPS) is 24.2. The molecule has 0 radical (unpaired) electrons. The fraction of sp³-hybridized carbons (Fsp3) is 0.611. The Morgan fingerprint density at radius 3 is 2.62 bits per heavy atom. The first-order valence-electron chi connectivity index (χ1n) is 8.53. The maximum absolute atomic E-state index is 12.3. The number of aryl methyl sites for hydroxylation is 1. The lowest BCUT2D eigenvalue weighted by atomic mass is 10.1. The Morgan fingerprint density at radius 2 is 2.00 bits per heavy atom. The van der Waals surface area contributed by atoms with E-state index in [1.807, 2.05) is 25.1 Å². The summed E-state index contributed by atoms with van der Waals surface area (Å²) in [5.74, 6) is 1.01.